The number of carbonyl (C=O) groups excluding carboxylic acids is 1. The average molecular weight is 482 g/mol. The molecule has 1 saturated heterocycles. The number of benzene rings is 2. The van der Waals surface area contributed by atoms with Crippen LogP contribution in [0.1, 0.15) is 19.5 Å². The molecule has 0 bridgehead atoms. The van der Waals surface area contributed by atoms with Gasteiger partial charge in [0.15, 0.2) is 5.16 Å². The van der Waals surface area contributed by atoms with Gasteiger partial charge in [-0.25, -0.2) is 9.97 Å². The zero-order valence-electron chi connectivity index (χ0n) is 18.9. The first-order valence-electron chi connectivity index (χ1n) is 11.1. The molecule has 1 atom stereocenters. The Labute approximate surface area is 204 Å². The second kappa shape index (κ2) is 10.4. The van der Waals surface area contributed by atoms with E-state index in [2.05, 4.69) is 22.0 Å². The van der Waals surface area contributed by atoms with Gasteiger partial charge in [0.25, 0.3) is 0 Å². The van der Waals surface area contributed by atoms with Gasteiger partial charge < -0.3 is 15.5 Å². The molecule has 3 aromatic rings. The van der Waals surface area contributed by atoms with Gasteiger partial charge in [-0.05, 0) is 43.2 Å². The smallest absolute Gasteiger partial charge is 0.236 e. The first kappa shape index (κ1) is 23.4. The molecule has 172 valence electrons. The van der Waals surface area contributed by atoms with E-state index in [1.807, 2.05) is 61.2 Å². The Morgan fingerprint density at radius 2 is 1.73 bits per heavy atom. The van der Waals surface area contributed by atoms with Gasteiger partial charge in [0.2, 0.25) is 5.91 Å². The molecule has 1 aliphatic heterocycles. The van der Waals surface area contributed by atoms with Crippen LogP contribution < -0.4 is 10.6 Å². The predicted molar refractivity (Wildman–Crippen MR) is 137 cm³/mol. The molecule has 0 spiro atoms. The predicted octanol–water partition coefficient (Wildman–Crippen LogP) is 4.77. The fourth-order valence-electron chi connectivity index (χ4n) is 4.03. The van der Waals surface area contributed by atoms with Crippen molar-refractivity contribution in [1.29, 1.82) is 0 Å². The van der Waals surface area contributed by atoms with Crippen molar-refractivity contribution in [3.05, 3.63) is 65.3 Å². The number of anilines is 2. The lowest BCUT2D eigenvalue weighted by Gasteiger charge is -2.37. The molecule has 8 heteroatoms. The number of piperazine rings is 1. The zero-order chi connectivity index (χ0) is 23.4. The minimum Gasteiger partial charge on any atom is -0.383 e. The first-order valence-corrected chi connectivity index (χ1v) is 12.4. The van der Waals surface area contributed by atoms with Crippen LogP contribution in [0.25, 0.3) is 11.1 Å². The molecule has 2 N–H and O–H groups in total. The third kappa shape index (κ3) is 5.42. The third-order valence-corrected chi connectivity index (χ3v) is 7.00. The van der Waals surface area contributed by atoms with E-state index in [-0.39, 0.29) is 11.2 Å². The average Bonchev–Trinajstić information content (AvgIpc) is 2.84. The maximum Gasteiger partial charge on any atom is 0.236 e. The molecule has 1 amide bonds. The molecule has 2 heterocycles. The number of nitrogen functional groups attached to an aromatic ring is 1. The molecule has 0 saturated carbocycles. The second-order valence-corrected chi connectivity index (χ2v) is 9.73. The number of hydrogen-bond acceptors (Lipinski definition) is 6. The van der Waals surface area contributed by atoms with Crippen LogP contribution in [0.2, 0.25) is 5.02 Å². The highest BCUT2D eigenvalue weighted by Crippen LogP contribution is 2.32. The van der Waals surface area contributed by atoms with E-state index in [9.17, 15) is 4.79 Å². The number of aromatic nitrogens is 2. The second-order valence-electron chi connectivity index (χ2n) is 7.98. The first-order chi connectivity index (χ1) is 16.0. The van der Waals surface area contributed by atoms with Gasteiger partial charge in [-0.15, -0.1) is 0 Å². The van der Waals surface area contributed by atoms with E-state index in [0.717, 1.165) is 29.9 Å². The standard InChI is InChI=1S/C25H28ClN5OS/c1-3-21-22(18-9-11-19(26)12-10-18)23(27)29-25(28-21)33-17(2)24(32)31-15-13-30(14-16-31)20-7-5-4-6-8-20/h4-12,17H,3,13-16H2,1-2H3,(H2,27,28,29). The molecule has 0 radical (unpaired) electrons. The van der Waals surface area contributed by atoms with Gasteiger partial charge in [0, 0.05) is 42.5 Å². The maximum atomic E-state index is 13.1. The van der Waals surface area contributed by atoms with Crippen molar-refractivity contribution >= 4 is 40.8 Å². The van der Waals surface area contributed by atoms with Gasteiger partial charge in [-0.2, -0.15) is 0 Å². The topological polar surface area (TPSA) is 75.4 Å². The molecule has 2 aromatic carbocycles. The maximum absolute atomic E-state index is 13.1. The molecule has 1 fully saturated rings. The minimum atomic E-state index is -0.293. The van der Waals surface area contributed by atoms with Crippen LogP contribution in [0.4, 0.5) is 11.5 Å². The highest BCUT2D eigenvalue weighted by atomic mass is 35.5. The number of halogens is 1. The third-order valence-electron chi connectivity index (χ3n) is 5.80. The van der Waals surface area contributed by atoms with E-state index >= 15 is 0 Å². The lowest BCUT2D eigenvalue weighted by atomic mass is 10.0. The van der Waals surface area contributed by atoms with E-state index < -0.39 is 0 Å². The van der Waals surface area contributed by atoms with E-state index in [1.165, 1.54) is 17.4 Å². The van der Waals surface area contributed by atoms with Gasteiger partial charge >= 0.3 is 0 Å². The molecule has 1 unspecified atom stereocenters. The monoisotopic (exact) mass is 481 g/mol. The van der Waals surface area contributed by atoms with Crippen molar-refractivity contribution in [3.8, 4) is 11.1 Å². The van der Waals surface area contributed by atoms with Gasteiger partial charge in [-0.3, -0.25) is 4.79 Å². The minimum absolute atomic E-state index is 0.106. The summed E-state index contributed by atoms with van der Waals surface area (Å²) in [6.07, 6.45) is 0.710. The zero-order valence-corrected chi connectivity index (χ0v) is 20.4. The van der Waals surface area contributed by atoms with Crippen LogP contribution in [0.5, 0.6) is 0 Å². The van der Waals surface area contributed by atoms with Crippen LogP contribution in [-0.2, 0) is 11.2 Å². The quantitative estimate of drug-likeness (QED) is 0.403. The van der Waals surface area contributed by atoms with Crippen LogP contribution in [0.3, 0.4) is 0 Å². The van der Waals surface area contributed by atoms with Crippen LogP contribution in [0, 0.1) is 0 Å². The summed E-state index contributed by atoms with van der Waals surface area (Å²) >= 11 is 7.39. The molecule has 6 nitrogen and oxygen atoms in total. The number of para-hydroxylation sites is 1. The highest BCUT2D eigenvalue weighted by Gasteiger charge is 2.27. The number of thioether (sulfide) groups is 1. The fraction of sp³-hybridized carbons (Fsp3) is 0.320. The molecule has 33 heavy (non-hydrogen) atoms. The van der Waals surface area contributed by atoms with Crippen molar-refractivity contribution in [2.24, 2.45) is 0 Å². The number of carbonyl (C=O) groups is 1. The summed E-state index contributed by atoms with van der Waals surface area (Å²) in [6, 6.07) is 17.8. The van der Waals surface area contributed by atoms with Crippen molar-refractivity contribution in [1.82, 2.24) is 14.9 Å². The van der Waals surface area contributed by atoms with E-state index in [0.29, 0.717) is 35.5 Å². The van der Waals surface area contributed by atoms with Crippen LogP contribution in [-0.4, -0.2) is 52.2 Å². The Morgan fingerprint density at radius 1 is 1.06 bits per heavy atom. The lowest BCUT2D eigenvalue weighted by Crippen LogP contribution is -2.50. The number of nitrogens with zero attached hydrogens (tertiary/aromatic N) is 4. The molecule has 4 rings (SSSR count). The van der Waals surface area contributed by atoms with Gasteiger partial charge in [-0.1, -0.05) is 60.6 Å². The number of rotatable bonds is 6. The Hall–Kier alpha value is -2.77. The summed E-state index contributed by atoms with van der Waals surface area (Å²) in [6.45, 7) is 7.01. The number of nitrogens with two attached hydrogens (primary N) is 1. The highest BCUT2D eigenvalue weighted by molar-refractivity contribution is 8.00. The lowest BCUT2D eigenvalue weighted by molar-refractivity contribution is -0.130. The Morgan fingerprint density at radius 3 is 2.36 bits per heavy atom. The van der Waals surface area contributed by atoms with Gasteiger partial charge in [0.05, 0.1) is 10.9 Å². The molecular formula is C25H28ClN5OS. The number of amides is 1. The molecule has 1 aliphatic rings. The van der Waals surface area contributed by atoms with Crippen molar-refractivity contribution < 1.29 is 4.79 Å². The van der Waals surface area contributed by atoms with E-state index in [1.54, 1.807) is 0 Å². The molecular weight excluding hydrogens is 454 g/mol. The summed E-state index contributed by atoms with van der Waals surface area (Å²) in [7, 11) is 0. The molecule has 1 aromatic heterocycles. The number of aryl methyl sites for hydroxylation is 1. The summed E-state index contributed by atoms with van der Waals surface area (Å²) in [5.41, 5.74) is 10.2. The fourth-order valence-corrected chi connectivity index (χ4v) is 5.04. The normalized spacial score (nSPS) is 14.9. The summed E-state index contributed by atoms with van der Waals surface area (Å²) in [5, 5.41) is 0.907. The summed E-state index contributed by atoms with van der Waals surface area (Å²) < 4.78 is 0. The molecule has 0 aliphatic carbocycles. The van der Waals surface area contributed by atoms with E-state index in [4.69, 9.17) is 22.3 Å². The van der Waals surface area contributed by atoms with Crippen molar-refractivity contribution in [2.75, 3.05) is 36.8 Å². The summed E-state index contributed by atoms with van der Waals surface area (Å²) in [4.78, 5) is 26.6. The Kier molecular flexibility index (Phi) is 7.40. The summed E-state index contributed by atoms with van der Waals surface area (Å²) in [5.74, 6) is 0.525. The van der Waals surface area contributed by atoms with Gasteiger partial charge in [0.1, 0.15) is 5.82 Å². The SMILES string of the molecule is CCc1nc(SC(C)C(=O)N2CCN(c3ccccc3)CC2)nc(N)c1-c1ccc(Cl)cc1. The van der Waals surface area contributed by atoms with Crippen LogP contribution in [0.15, 0.2) is 59.8 Å². The Bertz CT molecular complexity index is 1100. The largest absolute Gasteiger partial charge is 0.383 e. The Balaban J connectivity index is 1.42. The van der Waals surface area contributed by atoms with Crippen molar-refractivity contribution in [3.63, 3.8) is 0 Å². The van der Waals surface area contributed by atoms with Crippen molar-refractivity contribution in [2.45, 2.75) is 30.7 Å². The van der Waals surface area contributed by atoms with Crippen LogP contribution >= 0.6 is 23.4 Å². The number of hydrogen-bond donors (Lipinski definition) is 1.